The zero-order valence-electron chi connectivity index (χ0n) is 15.7. The molecule has 6 heteroatoms. The molecule has 0 bridgehead atoms. The monoisotopic (exact) mass is 350 g/mol. The van der Waals surface area contributed by atoms with Crippen molar-refractivity contribution in [1.29, 1.82) is 0 Å². The number of carbonyl (C=O) groups excluding carboxylic acids is 2. The second-order valence-electron chi connectivity index (χ2n) is 8.35. The van der Waals surface area contributed by atoms with Crippen LogP contribution in [-0.4, -0.2) is 77.9 Å². The Balaban J connectivity index is 1.52. The zero-order valence-corrected chi connectivity index (χ0v) is 15.7. The number of carbonyl (C=O) groups is 2. The Morgan fingerprint density at radius 1 is 0.920 bits per heavy atom. The highest BCUT2D eigenvalue weighted by atomic mass is 16.2. The molecule has 2 atom stereocenters. The molecule has 0 aromatic rings. The normalized spacial score (nSPS) is 31.8. The molecule has 0 aromatic heterocycles. The molecule has 6 nitrogen and oxygen atoms in total. The fourth-order valence-electron chi connectivity index (χ4n) is 4.59. The van der Waals surface area contributed by atoms with E-state index in [4.69, 9.17) is 5.73 Å². The van der Waals surface area contributed by atoms with Crippen molar-refractivity contribution in [3.8, 4) is 0 Å². The van der Waals surface area contributed by atoms with Gasteiger partial charge >= 0.3 is 0 Å². The summed E-state index contributed by atoms with van der Waals surface area (Å²) in [7, 11) is 0. The summed E-state index contributed by atoms with van der Waals surface area (Å²) in [6.07, 6.45) is 7.29. The Labute approximate surface area is 151 Å². The van der Waals surface area contributed by atoms with E-state index in [1.165, 1.54) is 0 Å². The first-order chi connectivity index (χ1) is 12.0. The van der Waals surface area contributed by atoms with Gasteiger partial charge in [-0.1, -0.05) is 12.8 Å². The predicted octanol–water partition coefficient (Wildman–Crippen LogP) is 1.05. The lowest BCUT2D eigenvalue weighted by Crippen LogP contribution is -2.54. The lowest BCUT2D eigenvalue weighted by Gasteiger charge is -2.39. The maximum atomic E-state index is 13.0. The summed E-state index contributed by atoms with van der Waals surface area (Å²) in [4.78, 5) is 31.6. The van der Waals surface area contributed by atoms with E-state index in [0.717, 1.165) is 84.2 Å². The summed E-state index contributed by atoms with van der Waals surface area (Å²) in [5.74, 6) is 0.440. The molecule has 2 saturated heterocycles. The van der Waals surface area contributed by atoms with E-state index in [0.29, 0.717) is 6.54 Å². The summed E-state index contributed by atoms with van der Waals surface area (Å²) < 4.78 is 0. The molecule has 2 amide bonds. The minimum Gasteiger partial charge on any atom is -0.342 e. The van der Waals surface area contributed by atoms with E-state index < -0.39 is 0 Å². The van der Waals surface area contributed by atoms with Crippen LogP contribution in [0.15, 0.2) is 0 Å². The Hall–Kier alpha value is -1.14. The molecule has 0 aromatic carbocycles. The highest BCUT2D eigenvalue weighted by molar-refractivity contribution is 5.80. The van der Waals surface area contributed by atoms with E-state index in [1.807, 2.05) is 16.7 Å². The van der Waals surface area contributed by atoms with Crippen LogP contribution in [0, 0.1) is 5.92 Å². The van der Waals surface area contributed by atoms with E-state index in [9.17, 15) is 9.59 Å². The van der Waals surface area contributed by atoms with Gasteiger partial charge in [0.05, 0.1) is 12.5 Å². The molecule has 142 valence electrons. The number of nitrogens with two attached hydrogens (primary N) is 1. The molecule has 1 aliphatic carbocycles. The standard InChI is InChI=1S/C19H34N4O2/c1-19(20)8-3-2-7-16(19)18(25)23-12-6-9-21(13-14-23)15-17(24)22-10-4-5-11-22/h16H,2-15,20H2,1H3. The van der Waals surface area contributed by atoms with E-state index >= 15 is 0 Å². The van der Waals surface area contributed by atoms with E-state index in [1.54, 1.807) is 0 Å². The molecule has 2 heterocycles. The summed E-state index contributed by atoms with van der Waals surface area (Å²) >= 11 is 0. The van der Waals surface area contributed by atoms with Gasteiger partial charge < -0.3 is 15.5 Å². The SMILES string of the molecule is CC1(N)CCCCC1C(=O)N1CCCN(CC(=O)N2CCCC2)CC1. The minimum atomic E-state index is -0.368. The highest BCUT2D eigenvalue weighted by Crippen LogP contribution is 2.33. The summed E-state index contributed by atoms with van der Waals surface area (Å²) in [6.45, 7) is 7.56. The molecule has 3 rings (SSSR count). The molecule has 2 aliphatic heterocycles. The largest absolute Gasteiger partial charge is 0.342 e. The first-order valence-corrected chi connectivity index (χ1v) is 10.1. The van der Waals surface area contributed by atoms with Gasteiger partial charge in [-0.05, 0) is 39.0 Å². The van der Waals surface area contributed by atoms with Gasteiger partial charge in [0.2, 0.25) is 11.8 Å². The van der Waals surface area contributed by atoms with Crippen molar-refractivity contribution in [3.63, 3.8) is 0 Å². The molecule has 1 saturated carbocycles. The van der Waals surface area contributed by atoms with Crippen LogP contribution in [-0.2, 0) is 9.59 Å². The predicted molar refractivity (Wildman–Crippen MR) is 98.0 cm³/mol. The maximum Gasteiger partial charge on any atom is 0.236 e. The summed E-state index contributed by atoms with van der Waals surface area (Å²) in [5.41, 5.74) is 6.06. The highest BCUT2D eigenvalue weighted by Gasteiger charge is 2.40. The lowest BCUT2D eigenvalue weighted by atomic mass is 9.74. The van der Waals surface area contributed by atoms with Crippen LogP contribution in [0.3, 0.4) is 0 Å². The van der Waals surface area contributed by atoms with Crippen LogP contribution in [0.25, 0.3) is 0 Å². The molecule has 25 heavy (non-hydrogen) atoms. The van der Waals surface area contributed by atoms with Crippen LogP contribution in [0.4, 0.5) is 0 Å². The van der Waals surface area contributed by atoms with Crippen molar-refractivity contribution in [3.05, 3.63) is 0 Å². The van der Waals surface area contributed by atoms with Crippen molar-refractivity contribution in [2.24, 2.45) is 11.7 Å². The van der Waals surface area contributed by atoms with E-state index in [2.05, 4.69) is 4.90 Å². The molecule has 3 aliphatic rings. The van der Waals surface area contributed by atoms with Crippen molar-refractivity contribution < 1.29 is 9.59 Å². The minimum absolute atomic E-state index is 0.0426. The van der Waals surface area contributed by atoms with Crippen molar-refractivity contribution >= 4 is 11.8 Å². The Bertz CT molecular complexity index is 488. The second-order valence-corrected chi connectivity index (χ2v) is 8.35. The molecule has 2 N–H and O–H groups in total. The van der Waals surface area contributed by atoms with Gasteiger partial charge in [0.25, 0.3) is 0 Å². The van der Waals surface area contributed by atoms with Gasteiger partial charge in [-0.2, -0.15) is 0 Å². The number of amides is 2. The van der Waals surface area contributed by atoms with Crippen LogP contribution < -0.4 is 5.73 Å². The molecule has 0 radical (unpaired) electrons. The smallest absolute Gasteiger partial charge is 0.236 e. The number of hydrogen-bond acceptors (Lipinski definition) is 4. The number of rotatable bonds is 3. The Morgan fingerprint density at radius 3 is 2.36 bits per heavy atom. The molecule has 0 spiro atoms. The fraction of sp³-hybridized carbons (Fsp3) is 0.895. The third-order valence-corrected chi connectivity index (χ3v) is 6.27. The number of hydrogen-bond donors (Lipinski definition) is 1. The van der Waals surface area contributed by atoms with Crippen molar-refractivity contribution in [2.45, 2.75) is 57.4 Å². The van der Waals surface area contributed by atoms with Gasteiger partial charge in [0.15, 0.2) is 0 Å². The van der Waals surface area contributed by atoms with Crippen LogP contribution in [0.5, 0.6) is 0 Å². The Kier molecular flexibility index (Phi) is 6.00. The van der Waals surface area contributed by atoms with Gasteiger partial charge in [-0.25, -0.2) is 0 Å². The number of likely N-dealkylation sites (tertiary alicyclic amines) is 1. The lowest BCUT2D eigenvalue weighted by molar-refractivity contribution is -0.138. The number of nitrogens with zero attached hydrogens (tertiary/aromatic N) is 3. The van der Waals surface area contributed by atoms with Gasteiger partial charge in [-0.15, -0.1) is 0 Å². The van der Waals surface area contributed by atoms with Gasteiger partial charge in [0.1, 0.15) is 0 Å². The first kappa shape index (κ1) is 18.6. The second kappa shape index (κ2) is 8.04. The van der Waals surface area contributed by atoms with Gasteiger partial charge in [-0.3, -0.25) is 14.5 Å². The first-order valence-electron chi connectivity index (χ1n) is 10.1. The average Bonchev–Trinajstić information content (AvgIpc) is 3.02. The molecular weight excluding hydrogens is 316 g/mol. The van der Waals surface area contributed by atoms with Crippen LogP contribution >= 0.6 is 0 Å². The fourth-order valence-corrected chi connectivity index (χ4v) is 4.59. The summed E-state index contributed by atoms with van der Waals surface area (Å²) in [6, 6.07) is 0. The van der Waals surface area contributed by atoms with Crippen molar-refractivity contribution in [2.75, 3.05) is 45.8 Å². The Morgan fingerprint density at radius 2 is 1.64 bits per heavy atom. The zero-order chi connectivity index (χ0) is 17.9. The summed E-state index contributed by atoms with van der Waals surface area (Å²) in [5, 5.41) is 0. The van der Waals surface area contributed by atoms with Crippen LogP contribution in [0.2, 0.25) is 0 Å². The molecule has 2 unspecified atom stereocenters. The average molecular weight is 351 g/mol. The quantitative estimate of drug-likeness (QED) is 0.826. The molecule has 3 fully saturated rings. The third-order valence-electron chi connectivity index (χ3n) is 6.27. The van der Waals surface area contributed by atoms with Crippen molar-refractivity contribution in [1.82, 2.24) is 14.7 Å². The maximum absolute atomic E-state index is 13.0. The third kappa shape index (κ3) is 4.53. The van der Waals surface area contributed by atoms with Gasteiger partial charge in [0, 0.05) is 44.8 Å². The van der Waals surface area contributed by atoms with E-state index in [-0.39, 0.29) is 23.3 Å². The molecular formula is C19H34N4O2. The topological polar surface area (TPSA) is 69.9 Å². The van der Waals surface area contributed by atoms with Crippen LogP contribution in [0.1, 0.15) is 51.9 Å².